The summed E-state index contributed by atoms with van der Waals surface area (Å²) in [7, 11) is 0. The predicted molar refractivity (Wildman–Crippen MR) is 80.2 cm³/mol. The largest absolute Gasteiger partial charge is 0.306 e. The van der Waals surface area contributed by atoms with Crippen molar-refractivity contribution in [3.05, 3.63) is 45.8 Å². The van der Waals surface area contributed by atoms with Gasteiger partial charge in [-0.25, -0.2) is 0 Å². The van der Waals surface area contributed by atoms with Crippen LogP contribution in [0.25, 0.3) is 0 Å². The molecule has 0 aliphatic carbocycles. The Morgan fingerprint density at radius 2 is 2.00 bits per heavy atom. The zero-order valence-corrected chi connectivity index (χ0v) is 12.4. The van der Waals surface area contributed by atoms with Gasteiger partial charge in [-0.2, -0.15) is 0 Å². The fraction of sp³-hybridized carbons (Fsp3) is 0.429. The average Bonchev–Trinajstić information content (AvgIpc) is 2.72. The number of nitro groups is 1. The number of rotatable bonds is 4. The number of hydrogen-bond donors (Lipinski definition) is 0. The smallest absolute Gasteiger partial charge is 0.269 e. The molecule has 1 aromatic carbocycles. The molecule has 3 rings (SSSR count). The van der Waals surface area contributed by atoms with Crippen molar-refractivity contribution < 1.29 is 4.92 Å². The van der Waals surface area contributed by atoms with E-state index in [1.807, 2.05) is 0 Å². The third-order valence-corrected chi connectivity index (χ3v) is 4.63. The molecule has 2 aromatic rings. The zero-order chi connectivity index (χ0) is 14.7. The molecule has 21 heavy (non-hydrogen) atoms. The summed E-state index contributed by atoms with van der Waals surface area (Å²) < 4.78 is 2.21. The Balaban J connectivity index is 1.67. The van der Waals surface area contributed by atoms with E-state index in [1.54, 1.807) is 36.0 Å². The average molecular weight is 304 g/mol. The number of hydrogen-bond acceptors (Lipinski definition) is 5. The van der Waals surface area contributed by atoms with Crippen molar-refractivity contribution in [1.82, 2.24) is 14.8 Å². The van der Waals surface area contributed by atoms with Crippen molar-refractivity contribution in [3.63, 3.8) is 0 Å². The highest BCUT2D eigenvalue weighted by Crippen LogP contribution is 2.25. The lowest BCUT2D eigenvalue weighted by Crippen LogP contribution is -2.02. The van der Waals surface area contributed by atoms with Gasteiger partial charge in [0.1, 0.15) is 5.82 Å². The van der Waals surface area contributed by atoms with E-state index in [1.165, 1.54) is 19.3 Å². The number of fused-ring (bicyclic) bond motifs is 1. The highest BCUT2D eigenvalue weighted by molar-refractivity contribution is 7.98. The van der Waals surface area contributed by atoms with E-state index in [2.05, 4.69) is 14.8 Å². The summed E-state index contributed by atoms with van der Waals surface area (Å²) in [5.74, 6) is 1.83. The van der Waals surface area contributed by atoms with Crippen molar-refractivity contribution in [2.45, 2.75) is 43.1 Å². The lowest BCUT2D eigenvalue weighted by atomic mass is 10.2. The highest BCUT2D eigenvalue weighted by atomic mass is 32.2. The molecule has 0 unspecified atom stereocenters. The summed E-state index contributed by atoms with van der Waals surface area (Å²) in [6, 6.07) is 6.68. The maximum absolute atomic E-state index is 10.6. The molecule has 0 saturated carbocycles. The van der Waals surface area contributed by atoms with E-state index in [0.29, 0.717) is 0 Å². The van der Waals surface area contributed by atoms with Gasteiger partial charge in [0.15, 0.2) is 5.16 Å². The molecule has 0 saturated heterocycles. The number of thioether (sulfide) groups is 1. The molecule has 0 bridgehead atoms. The Morgan fingerprint density at radius 3 is 2.76 bits per heavy atom. The first-order valence-corrected chi connectivity index (χ1v) is 8.01. The maximum Gasteiger partial charge on any atom is 0.269 e. The normalized spacial score (nSPS) is 14.5. The molecule has 0 amide bonds. The van der Waals surface area contributed by atoms with Crippen LogP contribution in [0.15, 0.2) is 29.4 Å². The standard InChI is InChI=1S/C14H16N4O2S/c19-18(20)12-7-5-11(6-8-12)10-21-14-16-15-13-4-2-1-3-9-17(13)14/h5-8H,1-4,9-10H2. The molecule has 0 atom stereocenters. The Hall–Kier alpha value is -1.89. The van der Waals surface area contributed by atoms with Crippen LogP contribution >= 0.6 is 11.8 Å². The van der Waals surface area contributed by atoms with Crippen molar-refractivity contribution in [1.29, 1.82) is 0 Å². The van der Waals surface area contributed by atoms with Crippen molar-refractivity contribution in [3.8, 4) is 0 Å². The first-order valence-electron chi connectivity index (χ1n) is 7.02. The molecule has 7 heteroatoms. The van der Waals surface area contributed by atoms with Gasteiger partial charge in [0.25, 0.3) is 5.69 Å². The molecule has 1 aliphatic heterocycles. The van der Waals surface area contributed by atoms with E-state index >= 15 is 0 Å². The highest BCUT2D eigenvalue weighted by Gasteiger charge is 2.15. The van der Waals surface area contributed by atoms with Crippen LogP contribution in [0.4, 0.5) is 5.69 Å². The lowest BCUT2D eigenvalue weighted by Gasteiger charge is -2.06. The third kappa shape index (κ3) is 3.24. The summed E-state index contributed by atoms with van der Waals surface area (Å²) >= 11 is 1.64. The zero-order valence-electron chi connectivity index (χ0n) is 11.6. The fourth-order valence-electron chi connectivity index (χ4n) is 2.43. The van der Waals surface area contributed by atoms with Gasteiger partial charge in [0.05, 0.1) is 4.92 Å². The van der Waals surface area contributed by atoms with Gasteiger partial charge in [0, 0.05) is 30.9 Å². The lowest BCUT2D eigenvalue weighted by molar-refractivity contribution is -0.384. The van der Waals surface area contributed by atoms with Crippen LogP contribution in [0.3, 0.4) is 0 Å². The molecule has 6 nitrogen and oxygen atoms in total. The summed E-state index contributed by atoms with van der Waals surface area (Å²) in [6.45, 7) is 0.991. The first-order chi connectivity index (χ1) is 10.2. The van der Waals surface area contributed by atoms with Gasteiger partial charge < -0.3 is 4.57 Å². The predicted octanol–water partition coefficient (Wildman–Crippen LogP) is 3.21. The molecule has 1 aliphatic rings. The number of aromatic nitrogens is 3. The van der Waals surface area contributed by atoms with Gasteiger partial charge in [-0.15, -0.1) is 10.2 Å². The molecule has 1 aromatic heterocycles. The van der Waals surface area contributed by atoms with Crippen LogP contribution < -0.4 is 0 Å². The number of benzene rings is 1. The minimum Gasteiger partial charge on any atom is -0.306 e. The van der Waals surface area contributed by atoms with Crippen molar-refractivity contribution in [2.75, 3.05) is 0 Å². The summed E-state index contributed by atoms with van der Waals surface area (Å²) in [6.07, 6.45) is 4.61. The molecule has 0 fully saturated rings. The van der Waals surface area contributed by atoms with Crippen LogP contribution in [-0.2, 0) is 18.7 Å². The third-order valence-electron chi connectivity index (χ3n) is 3.59. The molecular weight excluding hydrogens is 288 g/mol. The Labute approximate surface area is 126 Å². The van der Waals surface area contributed by atoms with Gasteiger partial charge in [-0.05, 0) is 18.4 Å². The fourth-order valence-corrected chi connectivity index (χ4v) is 3.37. The number of nitrogens with zero attached hydrogens (tertiary/aromatic N) is 4. The monoisotopic (exact) mass is 304 g/mol. The molecule has 0 radical (unpaired) electrons. The Bertz CT molecular complexity index is 639. The number of nitro benzene ring substituents is 1. The summed E-state index contributed by atoms with van der Waals surface area (Å²) in [5, 5.41) is 20.1. The van der Waals surface area contributed by atoms with Gasteiger partial charge in [-0.3, -0.25) is 10.1 Å². The number of non-ortho nitro benzene ring substituents is 1. The second-order valence-electron chi connectivity index (χ2n) is 5.07. The van der Waals surface area contributed by atoms with E-state index in [4.69, 9.17) is 0 Å². The van der Waals surface area contributed by atoms with Crippen LogP contribution in [-0.4, -0.2) is 19.7 Å². The maximum atomic E-state index is 10.6. The van der Waals surface area contributed by atoms with Crippen molar-refractivity contribution >= 4 is 17.4 Å². The van der Waals surface area contributed by atoms with E-state index < -0.39 is 0 Å². The second-order valence-corrected chi connectivity index (χ2v) is 6.02. The van der Waals surface area contributed by atoms with E-state index in [9.17, 15) is 10.1 Å². The van der Waals surface area contributed by atoms with E-state index in [-0.39, 0.29) is 10.6 Å². The van der Waals surface area contributed by atoms with Crippen LogP contribution in [0.1, 0.15) is 30.7 Å². The topological polar surface area (TPSA) is 73.8 Å². The molecular formula is C14H16N4O2S. The second kappa shape index (κ2) is 6.26. The Kier molecular flexibility index (Phi) is 4.19. The van der Waals surface area contributed by atoms with Crippen LogP contribution in [0.5, 0.6) is 0 Å². The molecule has 2 heterocycles. The molecule has 0 N–H and O–H groups in total. The van der Waals surface area contributed by atoms with Gasteiger partial charge >= 0.3 is 0 Å². The van der Waals surface area contributed by atoms with Crippen molar-refractivity contribution in [2.24, 2.45) is 0 Å². The summed E-state index contributed by atoms with van der Waals surface area (Å²) in [5.41, 5.74) is 1.18. The van der Waals surface area contributed by atoms with Crippen LogP contribution in [0, 0.1) is 10.1 Å². The minimum atomic E-state index is -0.380. The quantitative estimate of drug-likeness (QED) is 0.492. The van der Waals surface area contributed by atoms with E-state index in [0.717, 1.165) is 35.3 Å². The number of aryl methyl sites for hydroxylation is 1. The van der Waals surface area contributed by atoms with Crippen LogP contribution in [0.2, 0.25) is 0 Å². The molecule has 0 spiro atoms. The first kappa shape index (κ1) is 14.1. The van der Waals surface area contributed by atoms with Gasteiger partial charge in [0.2, 0.25) is 0 Å². The minimum absolute atomic E-state index is 0.125. The Morgan fingerprint density at radius 1 is 1.19 bits per heavy atom. The summed E-state index contributed by atoms with van der Waals surface area (Å²) in [4.78, 5) is 10.2. The molecule has 110 valence electrons. The SMILES string of the molecule is O=[N+]([O-])c1ccc(CSc2nnc3n2CCCCC3)cc1. The van der Waals surface area contributed by atoms with Gasteiger partial charge in [-0.1, -0.05) is 30.3 Å².